The standard InChI is InChI=1S/C19H20N4O3/c24-19(15-6-3-11-25-15)23-9-7-22(8-10-23)18-17-16(20-12-21-18)13-4-1-2-5-14(13)26-17/h1-2,4-5,12,15H,3,6-11H2. The second-order valence-electron chi connectivity index (χ2n) is 6.79. The Morgan fingerprint density at radius 3 is 2.77 bits per heavy atom. The Labute approximate surface area is 150 Å². The second kappa shape index (κ2) is 6.25. The number of aromatic nitrogens is 2. The van der Waals surface area contributed by atoms with E-state index in [0.29, 0.717) is 25.3 Å². The van der Waals surface area contributed by atoms with Crippen molar-refractivity contribution < 1.29 is 13.9 Å². The fourth-order valence-corrected chi connectivity index (χ4v) is 3.85. The highest BCUT2D eigenvalue weighted by Gasteiger charge is 2.31. The molecule has 0 bridgehead atoms. The molecule has 5 rings (SSSR count). The van der Waals surface area contributed by atoms with Crippen LogP contribution in [0.4, 0.5) is 5.82 Å². The molecule has 7 nitrogen and oxygen atoms in total. The fourth-order valence-electron chi connectivity index (χ4n) is 3.85. The van der Waals surface area contributed by atoms with Crippen molar-refractivity contribution in [1.29, 1.82) is 0 Å². The van der Waals surface area contributed by atoms with Crippen molar-refractivity contribution in [1.82, 2.24) is 14.9 Å². The van der Waals surface area contributed by atoms with Crippen LogP contribution < -0.4 is 4.90 Å². The van der Waals surface area contributed by atoms with E-state index in [1.807, 2.05) is 29.2 Å². The minimum atomic E-state index is -0.248. The summed E-state index contributed by atoms with van der Waals surface area (Å²) >= 11 is 0. The lowest BCUT2D eigenvalue weighted by Crippen LogP contribution is -2.51. The van der Waals surface area contributed by atoms with Gasteiger partial charge in [-0.1, -0.05) is 12.1 Å². The van der Waals surface area contributed by atoms with Gasteiger partial charge in [0, 0.05) is 38.2 Å². The van der Waals surface area contributed by atoms with Crippen molar-refractivity contribution in [3.05, 3.63) is 30.6 Å². The number of hydrogen-bond acceptors (Lipinski definition) is 6. The van der Waals surface area contributed by atoms with Gasteiger partial charge in [0.1, 0.15) is 23.5 Å². The third-order valence-corrected chi connectivity index (χ3v) is 5.24. The van der Waals surface area contributed by atoms with Gasteiger partial charge in [0.15, 0.2) is 11.4 Å². The molecule has 2 aliphatic rings. The van der Waals surface area contributed by atoms with E-state index in [1.165, 1.54) is 0 Å². The Bertz CT molecular complexity index is 956. The predicted molar refractivity (Wildman–Crippen MR) is 97.1 cm³/mol. The Balaban J connectivity index is 1.39. The molecule has 7 heteroatoms. The molecule has 0 N–H and O–H groups in total. The van der Waals surface area contributed by atoms with Gasteiger partial charge in [0.05, 0.1) is 0 Å². The van der Waals surface area contributed by atoms with Crippen LogP contribution in [0.15, 0.2) is 35.0 Å². The van der Waals surface area contributed by atoms with Crippen LogP contribution in [0, 0.1) is 0 Å². The number of para-hydroxylation sites is 1. The quantitative estimate of drug-likeness (QED) is 0.704. The Kier molecular flexibility index (Phi) is 3.74. The molecule has 1 unspecified atom stereocenters. The molecule has 0 saturated carbocycles. The molecule has 134 valence electrons. The molecule has 2 aromatic heterocycles. The number of benzene rings is 1. The number of ether oxygens (including phenoxy) is 1. The monoisotopic (exact) mass is 352 g/mol. The van der Waals surface area contributed by atoms with Crippen LogP contribution in [0.3, 0.4) is 0 Å². The highest BCUT2D eigenvalue weighted by atomic mass is 16.5. The predicted octanol–water partition coefficient (Wildman–Crippen LogP) is 2.20. The Morgan fingerprint density at radius 2 is 1.96 bits per heavy atom. The molecular weight excluding hydrogens is 332 g/mol. The summed E-state index contributed by atoms with van der Waals surface area (Å²) in [6.45, 7) is 3.49. The van der Waals surface area contributed by atoms with Gasteiger partial charge in [0.2, 0.25) is 0 Å². The zero-order valence-corrected chi connectivity index (χ0v) is 14.4. The number of carbonyl (C=O) groups is 1. The lowest BCUT2D eigenvalue weighted by Gasteiger charge is -2.36. The van der Waals surface area contributed by atoms with Crippen molar-refractivity contribution in [2.75, 3.05) is 37.7 Å². The minimum absolute atomic E-state index is 0.124. The zero-order valence-electron chi connectivity index (χ0n) is 14.4. The molecule has 2 fully saturated rings. The molecule has 1 aromatic carbocycles. The summed E-state index contributed by atoms with van der Waals surface area (Å²) < 4.78 is 11.6. The number of amides is 1. The van der Waals surface area contributed by atoms with Crippen LogP contribution in [0.1, 0.15) is 12.8 Å². The maximum atomic E-state index is 12.5. The van der Waals surface area contributed by atoms with Crippen LogP contribution in [-0.2, 0) is 9.53 Å². The first kappa shape index (κ1) is 15.6. The number of fused-ring (bicyclic) bond motifs is 3. The Hall–Kier alpha value is -2.67. The van der Waals surface area contributed by atoms with Crippen LogP contribution in [-0.4, -0.2) is 59.7 Å². The smallest absolute Gasteiger partial charge is 0.251 e. The maximum Gasteiger partial charge on any atom is 0.251 e. The number of hydrogen-bond donors (Lipinski definition) is 0. The maximum absolute atomic E-state index is 12.5. The summed E-state index contributed by atoms with van der Waals surface area (Å²) in [5, 5.41) is 0.998. The summed E-state index contributed by atoms with van der Waals surface area (Å²) in [6.07, 6.45) is 3.15. The van der Waals surface area contributed by atoms with E-state index in [2.05, 4.69) is 14.9 Å². The second-order valence-corrected chi connectivity index (χ2v) is 6.79. The molecule has 1 amide bonds. The van der Waals surface area contributed by atoms with E-state index in [9.17, 15) is 4.79 Å². The van der Waals surface area contributed by atoms with E-state index in [1.54, 1.807) is 6.33 Å². The van der Waals surface area contributed by atoms with Crippen LogP contribution in [0.5, 0.6) is 0 Å². The molecule has 3 aromatic rings. The number of piperazine rings is 1. The van der Waals surface area contributed by atoms with E-state index in [4.69, 9.17) is 9.15 Å². The summed E-state index contributed by atoms with van der Waals surface area (Å²) in [7, 11) is 0. The molecule has 4 heterocycles. The summed E-state index contributed by atoms with van der Waals surface area (Å²) in [4.78, 5) is 25.5. The first-order chi connectivity index (χ1) is 12.8. The summed E-state index contributed by atoms with van der Waals surface area (Å²) in [6, 6.07) is 7.89. The van der Waals surface area contributed by atoms with Crippen LogP contribution in [0.2, 0.25) is 0 Å². The first-order valence-electron chi connectivity index (χ1n) is 9.09. The van der Waals surface area contributed by atoms with Crippen molar-refractivity contribution in [2.24, 2.45) is 0 Å². The molecular formula is C19H20N4O3. The van der Waals surface area contributed by atoms with Gasteiger partial charge < -0.3 is 19.0 Å². The van der Waals surface area contributed by atoms with Crippen LogP contribution in [0.25, 0.3) is 22.1 Å². The molecule has 26 heavy (non-hydrogen) atoms. The van der Waals surface area contributed by atoms with E-state index >= 15 is 0 Å². The normalized spacial score (nSPS) is 21.0. The molecule has 2 saturated heterocycles. The number of rotatable bonds is 2. The third kappa shape index (κ3) is 2.50. The number of carbonyl (C=O) groups excluding carboxylic acids is 1. The largest absolute Gasteiger partial charge is 0.450 e. The van der Waals surface area contributed by atoms with Gasteiger partial charge in [-0.2, -0.15) is 0 Å². The Morgan fingerprint density at radius 1 is 1.12 bits per heavy atom. The number of furan rings is 1. The lowest BCUT2D eigenvalue weighted by molar-refractivity contribution is -0.141. The van der Waals surface area contributed by atoms with Crippen molar-refractivity contribution >= 4 is 33.8 Å². The van der Waals surface area contributed by atoms with Crippen molar-refractivity contribution in [3.63, 3.8) is 0 Å². The average Bonchev–Trinajstić information content (AvgIpc) is 3.35. The topological polar surface area (TPSA) is 71.7 Å². The van der Waals surface area contributed by atoms with Gasteiger partial charge in [-0.25, -0.2) is 9.97 Å². The first-order valence-corrected chi connectivity index (χ1v) is 9.09. The lowest BCUT2D eigenvalue weighted by atomic mass is 10.2. The molecule has 0 aliphatic carbocycles. The molecule has 1 atom stereocenters. The van der Waals surface area contributed by atoms with E-state index < -0.39 is 0 Å². The molecule has 0 radical (unpaired) electrons. The number of nitrogens with zero attached hydrogens (tertiary/aromatic N) is 4. The summed E-state index contributed by atoms with van der Waals surface area (Å²) in [5.41, 5.74) is 2.37. The van der Waals surface area contributed by atoms with Crippen molar-refractivity contribution in [2.45, 2.75) is 18.9 Å². The van der Waals surface area contributed by atoms with Gasteiger partial charge >= 0.3 is 0 Å². The van der Waals surface area contributed by atoms with Gasteiger partial charge in [-0.05, 0) is 25.0 Å². The highest BCUT2D eigenvalue weighted by Crippen LogP contribution is 2.32. The fraction of sp³-hybridized carbons (Fsp3) is 0.421. The highest BCUT2D eigenvalue weighted by molar-refractivity contribution is 6.05. The molecule has 2 aliphatic heterocycles. The minimum Gasteiger partial charge on any atom is -0.450 e. The average molecular weight is 352 g/mol. The zero-order chi connectivity index (χ0) is 17.5. The number of anilines is 1. The van der Waals surface area contributed by atoms with E-state index in [0.717, 1.165) is 48.2 Å². The summed E-state index contributed by atoms with van der Waals surface area (Å²) in [5.74, 6) is 0.925. The third-order valence-electron chi connectivity index (χ3n) is 5.24. The van der Waals surface area contributed by atoms with Gasteiger partial charge in [-0.3, -0.25) is 4.79 Å². The van der Waals surface area contributed by atoms with Crippen LogP contribution >= 0.6 is 0 Å². The van der Waals surface area contributed by atoms with E-state index in [-0.39, 0.29) is 12.0 Å². The molecule has 0 spiro atoms. The SMILES string of the molecule is O=C(C1CCCO1)N1CCN(c2ncnc3c2oc2ccccc23)CC1. The van der Waals surface area contributed by atoms with Gasteiger partial charge in [0.25, 0.3) is 5.91 Å². The van der Waals surface area contributed by atoms with Gasteiger partial charge in [-0.15, -0.1) is 0 Å². The van der Waals surface area contributed by atoms with Crippen molar-refractivity contribution in [3.8, 4) is 0 Å².